The number of anilines is 1. The van der Waals surface area contributed by atoms with Gasteiger partial charge >= 0.3 is 0 Å². The van der Waals surface area contributed by atoms with Crippen molar-refractivity contribution >= 4 is 21.4 Å². The minimum absolute atomic E-state index is 0.0333. The highest BCUT2D eigenvalue weighted by Gasteiger charge is 2.48. The Hall–Kier alpha value is -1.40. The molecule has 1 fully saturated rings. The molecule has 128 valence electrons. The fourth-order valence-electron chi connectivity index (χ4n) is 2.90. The van der Waals surface area contributed by atoms with Gasteiger partial charge in [0, 0.05) is 11.9 Å². The van der Waals surface area contributed by atoms with Gasteiger partial charge in [-0.15, -0.1) is 0 Å². The van der Waals surface area contributed by atoms with Gasteiger partial charge in [0.05, 0.1) is 0 Å². The first kappa shape index (κ1) is 17.9. The average molecular weight is 338 g/mol. The summed E-state index contributed by atoms with van der Waals surface area (Å²) >= 11 is 0. The number of benzene rings is 1. The Morgan fingerprint density at radius 1 is 1.13 bits per heavy atom. The van der Waals surface area contributed by atoms with Crippen LogP contribution in [0.15, 0.2) is 24.3 Å². The predicted molar refractivity (Wildman–Crippen MR) is 93.5 cm³/mol. The maximum absolute atomic E-state index is 12.7. The van der Waals surface area contributed by atoms with Crippen molar-refractivity contribution in [2.45, 2.75) is 43.8 Å². The van der Waals surface area contributed by atoms with Crippen LogP contribution in [0.3, 0.4) is 0 Å². The third-order valence-corrected chi connectivity index (χ3v) is 6.56. The van der Waals surface area contributed by atoms with Crippen LogP contribution in [0.5, 0.6) is 0 Å². The van der Waals surface area contributed by atoms with Gasteiger partial charge in [-0.05, 0) is 49.0 Å². The van der Waals surface area contributed by atoms with E-state index in [0.29, 0.717) is 31.6 Å². The summed E-state index contributed by atoms with van der Waals surface area (Å²) in [6, 6.07) is 7.58. The number of hydrogen-bond donors (Lipinski definition) is 2. The minimum Gasteiger partial charge on any atom is -0.325 e. The second-order valence-electron chi connectivity index (χ2n) is 7.30. The molecule has 0 atom stereocenters. The second kappa shape index (κ2) is 6.24. The first-order chi connectivity index (χ1) is 10.6. The second-order valence-corrected chi connectivity index (χ2v) is 9.62. The van der Waals surface area contributed by atoms with Gasteiger partial charge in [0.15, 0.2) is 14.6 Å². The first-order valence-corrected chi connectivity index (χ1v) is 9.78. The van der Waals surface area contributed by atoms with Gasteiger partial charge in [-0.2, -0.15) is 0 Å². The van der Waals surface area contributed by atoms with Crippen molar-refractivity contribution in [2.75, 3.05) is 24.7 Å². The van der Waals surface area contributed by atoms with Crippen LogP contribution in [-0.2, 0) is 20.0 Å². The number of carbonyl (C=O) groups excluding carboxylic acids is 1. The number of piperidine rings is 1. The van der Waals surface area contributed by atoms with Gasteiger partial charge in [-0.25, -0.2) is 8.42 Å². The van der Waals surface area contributed by atoms with Crippen molar-refractivity contribution in [1.29, 1.82) is 0 Å². The lowest BCUT2D eigenvalue weighted by Gasteiger charge is -2.34. The minimum atomic E-state index is -3.49. The highest BCUT2D eigenvalue weighted by Crippen LogP contribution is 2.30. The number of nitrogens with one attached hydrogen (secondary N) is 2. The number of rotatable bonds is 3. The highest BCUT2D eigenvalue weighted by atomic mass is 32.2. The molecule has 1 amide bonds. The van der Waals surface area contributed by atoms with E-state index in [1.165, 1.54) is 0 Å². The van der Waals surface area contributed by atoms with Crippen LogP contribution >= 0.6 is 0 Å². The Balaban J connectivity index is 2.23. The molecule has 6 heteroatoms. The van der Waals surface area contributed by atoms with Gasteiger partial charge < -0.3 is 10.6 Å². The predicted octanol–water partition coefficient (Wildman–Crippen LogP) is 2.09. The smallest absolute Gasteiger partial charge is 0.245 e. The van der Waals surface area contributed by atoms with E-state index in [9.17, 15) is 13.2 Å². The first-order valence-electron chi connectivity index (χ1n) is 7.89. The van der Waals surface area contributed by atoms with E-state index in [1.807, 2.05) is 24.3 Å². The molecule has 2 rings (SSSR count). The lowest BCUT2D eigenvalue weighted by molar-refractivity contribution is -0.119. The summed E-state index contributed by atoms with van der Waals surface area (Å²) < 4.78 is 23.1. The summed E-state index contributed by atoms with van der Waals surface area (Å²) in [7, 11) is -3.49. The van der Waals surface area contributed by atoms with Gasteiger partial charge in [-0.3, -0.25) is 4.79 Å². The third-order valence-electron chi connectivity index (χ3n) is 4.54. The van der Waals surface area contributed by atoms with Crippen LogP contribution < -0.4 is 10.6 Å². The molecule has 0 radical (unpaired) electrons. The van der Waals surface area contributed by atoms with E-state index in [-0.39, 0.29) is 5.41 Å². The lowest BCUT2D eigenvalue weighted by atomic mass is 9.87. The molecule has 1 aromatic rings. The quantitative estimate of drug-likeness (QED) is 0.885. The van der Waals surface area contributed by atoms with Crippen LogP contribution in [0.2, 0.25) is 0 Å². The van der Waals surface area contributed by atoms with Gasteiger partial charge in [0.25, 0.3) is 0 Å². The Morgan fingerprint density at radius 3 is 2.09 bits per heavy atom. The molecule has 2 N–H and O–H groups in total. The molecule has 0 bridgehead atoms. The molecular formula is C17H26N2O3S. The fraction of sp³-hybridized carbons (Fsp3) is 0.588. The van der Waals surface area contributed by atoms with Crippen molar-refractivity contribution in [1.82, 2.24) is 5.32 Å². The number of hydrogen-bond acceptors (Lipinski definition) is 4. The van der Waals surface area contributed by atoms with Crippen LogP contribution in [-0.4, -0.2) is 38.4 Å². The maximum atomic E-state index is 12.7. The topological polar surface area (TPSA) is 75.3 Å². The molecule has 23 heavy (non-hydrogen) atoms. The summed E-state index contributed by atoms with van der Waals surface area (Å²) in [6.45, 7) is 7.42. The molecule has 0 unspecified atom stereocenters. The molecule has 0 spiro atoms. The van der Waals surface area contributed by atoms with Crippen molar-refractivity contribution < 1.29 is 13.2 Å². The Bertz CT molecular complexity index is 667. The van der Waals surface area contributed by atoms with E-state index in [1.54, 1.807) is 0 Å². The molecule has 1 saturated heterocycles. The zero-order valence-corrected chi connectivity index (χ0v) is 15.1. The molecule has 0 aliphatic carbocycles. The van der Waals surface area contributed by atoms with E-state index in [0.717, 1.165) is 11.8 Å². The summed E-state index contributed by atoms with van der Waals surface area (Å²) in [4.78, 5) is 12.7. The fourth-order valence-corrected chi connectivity index (χ4v) is 4.23. The standard InChI is InChI=1S/C17H26N2O3S/c1-16(2,3)13-5-7-14(8-6-13)19-15(20)17(23(4,21)22)9-11-18-12-10-17/h5-8,18H,9-12H2,1-4H3,(H,19,20). The lowest BCUT2D eigenvalue weighted by Crippen LogP contribution is -2.55. The molecule has 1 aliphatic rings. The van der Waals surface area contributed by atoms with E-state index in [4.69, 9.17) is 0 Å². The van der Waals surface area contributed by atoms with Gasteiger partial charge in [0.1, 0.15) is 0 Å². The van der Waals surface area contributed by atoms with Crippen molar-refractivity contribution in [3.63, 3.8) is 0 Å². The zero-order valence-electron chi connectivity index (χ0n) is 14.3. The van der Waals surface area contributed by atoms with Crippen molar-refractivity contribution in [3.8, 4) is 0 Å². The Labute approximate surface area is 138 Å². The highest BCUT2D eigenvalue weighted by molar-refractivity contribution is 7.92. The SMILES string of the molecule is CC(C)(C)c1ccc(NC(=O)C2(S(C)(=O)=O)CCNCC2)cc1. The molecule has 0 aromatic heterocycles. The van der Waals surface area contributed by atoms with Crippen molar-refractivity contribution in [3.05, 3.63) is 29.8 Å². The Morgan fingerprint density at radius 2 is 1.65 bits per heavy atom. The van der Waals surface area contributed by atoms with E-state index >= 15 is 0 Å². The largest absolute Gasteiger partial charge is 0.325 e. The molecular weight excluding hydrogens is 312 g/mol. The monoisotopic (exact) mass is 338 g/mol. The number of amides is 1. The van der Waals surface area contributed by atoms with Crippen LogP contribution in [0, 0.1) is 0 Å². The van der Waals surface area contributed by atoms with Gasteiger partial charge in [-0.1, -0.05) is 32.9 Å². The average Bonchev–Trinajstić information content (AvgIpc) is 2.46. The molecule has 1 heterocycles. The molecule has 1 aliphatic heterocycles. The van der Waals surface area contributed by atoms with E-state index in [2.05, 4.69) is 31.4 Å². The molecule has 0 saturated carbocycles. The van der Waals surface area contributed by atoms with Crippen LogP contribution in [0.1, 0.15) is 39.2 Å². The van der Waals surface area contributed by atoms with Crippen LogP contribution in [0.25, 0.3) is 0 Å². The maximum Gasteiger partial charge on any atom is 0.245 e. The normalized spacial score (nSPS) is 18.4. The zero-order chi connectivity index (χ0) is 17.3. The molecule has 5 nitrogen and oxygen atoms in total. The Kier molecular flexibility index (Phi) is 4.87. The van der Waals surface area contributed by atoms with E-state index < -0.39 is 20.5 Å². The third kappa shape index (κ3) is 3.75. The summed E-state index contributed by atoms with van der Waals surface area (Å²) in [5, 5.41) is 5.90. The summed E-state index contributed by atoms with van der Waals surface area (Å²) in [5.41, 5.74) is 1.82. The summed E-state index contributed by atoms with van der Waals surface area (Å²) in [6.07, 6.45) is 1.76. The number of sulfone groups is 1. The summed E-state index contributed by atoms with van der Waals surface area (Å²) in [5.74, 6) is -0.426. The van der Waals surface area contributed by atoms with Gasteiger partial charge in [0.2, 0.25) is 5.91 Å². The molecule has 1 aromatic carbocycles. The van der Waals surface area contributed by atoms with Crippen molar-refractivity contribution in [2.24, 2.45) is 0 Å². The number of carbonyl (C=O) groups is 1. The van der Waals surface area contributed by atoms with Crippen LogP contribution in [0.4, 0.5) is 5.69 Å².